The third-order valence-corrected chi connectivity index (χ3v) is 6.99. The van der Waals surface area contributed by atoms with Gasteiger partial charge in [-0.1, -0.05) is 51.1 Å². The largest absolute Gasteiger partial charge is 0.467 e. The van der Waals surface area contributed by atoms with E-state index in [9.17, 15) is 14.4 Å². The van der Waals surface area contributed by atoms with Crippen LogP contribution >= 0.6 is 0 Å². The van der Waals surface area contributed by atoms with Gasteiger partial charge in [-0.25, -0.2) is 4.79 Å². The molecule has 0 radical (unpaired) electrons. The summed E-state index contributed by atoms with van der Waals surface area (Å²) in [6.07, 6.45) is 3.68. The molecule has 1 aliphatic heterocycles. The number of nitrogens with zero attached hydrogens (tertiary/aromatic N) is 3. The minimum Gasteiger partial charge on any atom is -0.467 e. The molecule has 2 unspecified atom stereocenters. The lowest BCUT2D eigenvalue weighted by atomic mass is 9.76. The standard InChI is InChI=1S/C27H42N4O4/c1-8-17-30-19-29-27(25(34)35-7,26(30,5)6)15-12-16-28-24(33)23(20(2)3)31(21(4)32)18-22-13-10-9-11-14-22/h9-11,13-14,19-20,23H,8,12,15-18H2,1-7H3,(H,28,33). The fourth-order valence-corrected chi connectivity index (χ4v) is 4.88. The first-order valence-corrected chi connectivity index (χ1v) is 12.5. The Bertz CT molecular complexity index is 900. The number of nitrogens with one attached hydrogen (secondary N) is 1. The molecule has 0 saturated heterocycles. The van der Waals surface area contributed by atoms with Gasteiger partial charge in [0.1, 0.15) is 6.04 Å². The summed E-state index contributed by atoms with van der Waals surface area (Å²) in [6, 6.07) is 9.07. The highest BCUT2D eigenvalue weighted by atomic mass is 16.5. The van der Waals surface area contributed by atoms with E-state index < -0.39 is 17.1 Å². The van der Waals surface area contributed by atoms with E-state index in [-0.39, 0.29) is 23.7 Å². The predicted octanol–water partition coefficient (Wildman–Crippen LogP) is 3.40. The number of hydrogen-bond acceptors (Lipinski definition) is 6. The lowest BCUT2D eigenvalue weighted by Gasteiger charge is -2.42. The van der Waals surface area contributed by atoms with Crippen LogP contribution in [0.2, 0.25) is 0 Å². The van der Waals surface area contributed by atoms with E-state index in [4.69, 9.17) is 4.74 Å². The molecule has 2 amide bonds. The van der Waals surface area contributed by atoms with Crippen LogP contribution in [0.25, 0.3) is 0 Å². The van der Waals surface area contributed by atoms with Crippen LogP contribution in [0.1, 0.15) is 66.4 Å². The van der Waals surface area contributed by atoms with Crippen LogP contribution in [0, 0.1) is 5.92 Å². The lowest BCUT2D eigenvalue weighted by molar-refractivity contribution is -0.151. The van der Waals surface area contributed by atoms with Gasteiger partial charge in [0.05, 0.1) is 19.0 Å². The minimum atomic E-state index is -1.03. The molecule has 0 saturated carbocycles. The molecule has 1 heterocycles. The molecule has 0 aliphatic carbocycles. The third kappa shape index (κ3) is 6.21. The highest BCUT2D eigenvalue weighted by molar-refractivity contribution is 5.88. The monoisotopic (exact) mass is 486 g/mol. The van der Waals surface area contributed by atoms with Crippen molar-refractivity contribution in [2.75, 3.05) is 20.2 Å². The summed E-state index contributed by atoms with van der Waals surface area (Å²) in [4.78, 5) is 46.9. The van der Waals surface area contributed by atoms with Crippen molar-refractivity contribution in [2.45, 2.75) is 84.5 Å². The molecule has 2 atom stereocenters. The van der Waals surface area contributed by atoms with E-state index in [0.717, 1.165) is 18.5 Å². The number of amides is 2. The Kier molecular flexibility index (Phi) is 9.86. The van der Waals surface area contributed by atoms with Crippen LogP contribution in [0.15, 0.2) is 35.3 Å². The summed E-state index contributed by atoms with van der Waals surface area (Å²) in [5.41, 5.74) is -0.599. The van der Waals surface area contributed by atoms with E-state index in [1.807, 2.05) is 58.0 Å². The zero-order valence-electron chi connectivity index (χ0n) is 22.3. The van der Waals surface area contributed by atoms with Crippen LogP contribution in [-0.2, 0) is 25.7 Å². The highest BCUT2D eigenvalue weighted by Gasteiger charge is 2.57. The number of rotatable bonds is 12. The van der Waals surface area contributed by atoms with Crippen molar-refractivity contribution in [1.82, 2.24) is 15.1 Å². The fraction of sp³-hybridized carbons (Fsp3) is 0.630. The maximum atomic E-state index is 13.2. The molecule has 8 nitrogen and oxygen atoms in total. The van der Waals surface area contributed by atoms with Crippen molar-refractivity contribution < 1.29 is 19.1 Å². The fourth-order valence-electron chi connectivity index (χ4n) is 4.88. The molecular weight excluding hydrogens is 444 g/mol. The molecule has 0 spiro atoms. The third-order valence-electron chi connectivity index (χ3n) is 6.99. The molecular formula is C27H42N4O4. The zero-order chi connectivity index (χ0) is 26.2. The summed E-state index contributed by atoms with van der Waals surface area (Å²) in [6.45, 7) is 13.0. The quantitative estimate of drug-likeness (QED) is 0.361. The van der Waals surface area contributed by atoms with Crippen molar-refractivity contribution >= 4 is 24.1 Å². The molecule has 2 rings (SSSR count). The number of carbonyl (C=O) groups is 3. The Morgan fingerprint density at radius 2 is 1.83 bits per heavy atom. The first-order chi connectivity index (χ1) is 16.5. The number of benzene rings is 1. The Labute approximate surface area is 210 Å². The van der Waals surface area contributed by atoms with Crippen LogP contribution in [0.5, 0.6) is 0 Å². The van der Waals surface area contributed by atoms with Gasteiger partial charge >= 0.3 is 5.97 Å². The minimum absolute atomic E-state index is 0.0648. The molecule has 1 aliphatic rings. The van der Waals surface area contributed by atoms with Crippen LogP contribution in [0.4, 0.5) is 0 Å². The second kappa shape index (κ2) is 12.2. The van der Waals surface area contributed by atoms with Crippen molar-refractivity contribution in [3.63, 3.8) is 0 Å². The normalized spacial score (nSPS) is 19.5. The molecule has 0 aromatic heterocycles. The van der Waals surface area contributed by atoms with E-state index in [1.165, 1.54) is 14.0 Å². The highest BCUT2D eigenvalue weighted by Crippen LogP contribution is 2.40. The van der Waals surface area contributed by atoms with Crippen molar-refractivity contribution in [3.8, 4) is 0 Å². The Hall–Kier alpha value is -2.90. The van der Waals surface area contributed by atoms with Gasteiger partial charge < -0.3 is 19.9 Å². The van der Waals surface area contributed by atoms with Gasteiger partial charge in [0.2, 0.25) is 11.8 Å². The van der Waals surface area contributed by atoms with Crippen molar-refractivity contribution in [2.24, 2.45) is 10.9 Å². The topological polar surface area (TPSA) is 91.3 Å². The Morgan fingerprint density at radius 1 is 1.17 bits per heavy atom. The summed E-state index contributed by atoms with van der Waals surface area (Å²) >= 11 is 0. The molecule has 1 N–H and O–H groups in total. The molecule has 8 heteroatoms. The second-order valence-electron chi connectivity index (χ2n) is 10.1. The number of esters is 1. The van der Waals surface area contributed by atoms with Crippen LogP contribution in [0.3, 0.4) is 0 Å². The summed E-state index contributed by atoms with van der Waals surface area (Å²) in [5, 5.41) is 3.00. The molecule has 35 heavy (non-hydrogen) atoms. The number of methoxy groups -OCH3 is 1. The van der Waals surface area contributed by atoms with E-state index in [0.29, 0.717) is 25.9 Å². The smallest absolute Gasteiger partial charge is 0.336 e. The van der Waals surface area contributed by atoms with Gasteiger partial charge in [0, 0.05) is 26.6 Å². The van der Waals surface area contributed by atoms with Crippen molar-refractivity contribution in [1.29, 1.82) is 0 Å². The molecule has 194 valence electrons. The Morgan fingerprint density at radius 3 is 2.37 bits per heavy atom. The van der Waals surface area contributed by atoms with Gasteiger partial charge in [0.15, 0.2) is 5.54 Å². The molecule has 1 aromatic carbocycles. The number of carbonyl (C=O) groups excluding carboxylic acids is 3. The lowest BCUT2D eigenvalue weighted by Crippen LogP contribution is -2.59. The van der Waals surface area contributed by atoms with E-state index in [1.54, 1.807) is 11.2 Å². The summed E-state index contributed by atoms with van der Waals surface area (Å²) in [7, 11) is 1.39. The SMILES string of the molecule is CCCN1C=NC(CCCNC(=O)C(C(C)C)N(Cc2ccccc2)C(C)=O)(C(=O)OC)C1(C)C. The Balaban J connectivity index is 2.08. The number of ether oxygens (including phenoxy) is 1. The van der Waals surface area contributed by atoms with Crippen LogP contribution < -0.4 is 5.32 Å². The second-order valence-corrected chi connectivity index (χ2v) is 10.1. The first kappa shape index (κ1) is 28.3. The average molecular weight is 487 g/mol. The maximum Gasteiger partial charge on any atom is 0.336 e. The molecule has 0 bridgehead atoms. The predicted molar refractivity (Wildman–Crippen MR) is 138 cm³/mol. The zero-order valence-corrected chi connectivity index (χ0v) is 22.3. The van der Waals surface area contributed by atoms with Gasteiger partial charge in [-0.3, -0.25) is 14.6 Å². The van der Waals surface area contributed by atoms with E-state index >= 15 is 0 Å². The van der Waals surface area contributed by atoms with Crippen molar-refractivity contribution in [3.05, 3.63) is 35.9 Å². The number of hydrogen-bond donors (Lipinski definition) is 1. The maximum absolute atomic E-state index is 13.2. The van der Waals surface area contributed by atoms with Gasteiger partial charge in [-0.2, -0.15) is 0 Å². The summed E-state index contributed by atoms with van der Waals surface area (Å²) < 4.78 is 5.15. The van der Waals surface area contributed by atoms with Gasteiger partial charge in [0.25, 0.3) is 0 Å². The van der Waals surface area contributed by atoms with Gasteiger partial charge in [-0.15, -0.1) is 0 Å². The van der Waals surface area contributed by atoms with Crippen LogP contribution in [-0.4, -0.2) is 71.2 Å². The van der Waals surface area contributed by atoms with E-state index in [2.05, 4.69) is 22.1 Å². The number of aliphatic imine (C=N–C) groups is 1. The first-order valence-electron chi connectivity index (χ1n) is 12.5. The average Bonchev–Trinajstić information content (AvgIpc) is 3.06. The van der Waals surface area contributed by atoms with Gasteiger partial charge in [-0.05, 0) is 44.6 Å². The summed E-state index contributed by atoms with van der Waals surface area (Å²) in [5.74, 6) is -0.773. The molecule has 0 fully saturated rings. The molecule has 1 aromatic rings.